The maximum atomic E-state index is 13.7. The molecule has 3 rings (SSSR count). The average molecular weight is 390 g/mol. The summed E-state index contributed by atoms with van der Waals surface area (Å²) in [5.41, 5.74) is -1.19. The van der Waals surface area contributed by atoms with E-state index in [0.29, 0.717) is 6.29 Å². The Morgan fingerprint density at radius 3 is 2.15 bits per heavy atom. The second-order valence-corrected chi connectivity index (χ2v) is 6.63. The smallest absolute Gasteiger partial charge is 0.420 e. The van der Waals surface area contributed by atoms with Crippen LogP contribution in [0.25, 0.3) is 10.8 Å². The molecule has 2 aromatic rings. The number of fused-ring (bicyclic) bond motifs is 1. The molecule has 0 heterocycles. The molecular weight excluding hydrogens is 374 g/mol. The third-order valence-corrected chi connectivity index (χ3v) is 4.88. The Morgan fingerprint density at radius 2 is 1.59 bits per heavy atom. The van der Waals surface area contributed by atoms with Gasteiger partial charge in [-0.2, -0.15) is 26.3 Å². The van der Waals surface area contributed by atoms with Gasteiger partial charge in [0.15, 0.2) is 6.29 Å². The van der Waals surface area contributed by atoms with E-state index >= 15 is 0 Å². The Labute approximate surface area is 151 Å². The van der Waals surface area contributed by atoms with Crippen molar-refractivity contribution in [3.63, 3.8) is 0 Å². The lowest BCUT2D eigenvalue weighted by molar-refractivity contribution is -0.185. The number of hydrogen-bond donors (Lipinski definition) is 0. The molecule has 0 radical (unpaired) electrons. The monoisotopic (exact) mass is 390 g/mol. The Hall–Kier alpha value is -2.25. The van der Waals surface area contributed by atoms with E-state index in [2.05, 4.69) is 0 Å². The molecule has 0 aromatic heterocycles. The first-order valence-corrected chi connectivity index (χ1v) is 8.42. The van der Waals surface area contributed by atoms with Crippen LogP contribution in [0, 0.1) is 5.92 Å². The number of ether oxygens (including phenoxy) is 1. The highest BCUT2D eigenvalue weighted by Crippen LogP contribution is 2.44. The third kappa shape index (κ3) is 4.04. The van der Waals surface area contributed by atoms with E-state index in [0.717, 1.165) is 6.07 Å². The van der Waals surface area contributed by atoms with E-state index in [4.69, 9.17) is 4.74 Å². The van der Waals surface area contributed by atoms with Crippen LogP contribution in [-0.4, -0.2) is 18.6 Å². The molecule has 1 saturated carbocycles. The summed E-state index contributed by atoms with van der Waals surface area (Å²) in [6.45, 7) is 0. The number of carbonyl (C=O) groups excluding carboxylic acids is 1. The zero-order valence-electron chi connectivity index (χ0n) is 14.0. The van der Waals surface area contributed by atoms with Gasteiger partial charge in [-0.3, -0.25) is 4.79 Å². The lowest BCUT2D eigenvalue weighted by Gasteiger charge is -2.31. The molecule has 0 amide bonds. The zero-order valence-corrected chi connectivity index (χ0v) is 14.0. The van der Waals surface area contributed by atoms with Gasteiger partial charge in [0, 0.05) is 10.9 Å². The summed E-state index contributed by atoms with van der Waals surface area (Å²) in [6.07, 6.45) is -9.78. The molecule has 0 bridgehead atoms. The largest absolute Gasteiger partial charge is 0.490 e. The average Bonchev–Trinajstić information content (AvgIpc) is 2.59. The summed E-state index contributed by atoms with van der Waals surface area (Å²) in [6, 6.07) is 6.79. The highest BCUT2D eigenvalue weighted by molar-refractivity contribution is 6.01. The van der Waals surface area contributed by atoms with Crippen molar-refractivity contribution in [3.05, 3.63) is 41.5 Å². The molecule has 1 aliphatic carbocycles. The number of alkyl halides is 6. The van der Waals surface area contributed by atoms with Crippen LogP contribution in [0.3, 0.4) is 0 Å². The number of halogens is 6. The van der Waals surface area contributed by atoms with E-state index in [-0.39, 0.29) is 42.0 Å². The van der Waals surface area contributed by atoms with Crippen molar-refractivity contribution < 1.29 is 35.9 Å². The molecule has 0 N–H and O–H groups in total. The van der Waals surface area contributed by atoms with Gasteiger partial charge in [-0.25, -0.2) is 0 Å². The maximum absolute atomic E-state index is 13.7. The molecule has 1 aliphatic rings. The Balaban J connectivity index is 1.95. The zero-order chi connectivity index (χ0) is 19.8. The van der Waals surface area contributed by atoms with E-state index in [1.165, 1.54) is 24.3 Å². The fourth-order valence-corrected chi connectivity index (χ4v) is 3.55. The number of carbonyl (C=O) groups is 1. The Bertz CT molecular complexity index is 832. The minimum Gasteiger partial charge on any atom is -0.490 e. The molecule has 2 aromatic carbocycles. The summed E-state index contributed by atoms with van der Waals surface area (Å²) in [7, 11) is 0. The quantitative estimate of drug-likeness (QED) is 0.463. The maximum Gasteiger partial charge on any atom is 0.420 e. The predicted octanol–water partition coefficient (Wildman–Crippen LogP) is 6.17. The fourth-order valence-electron chi connectivity index (χ4n) is 3.55. The van der Waals surface area contributed by atoms with Crippen LogP contribution < -0.4 is 4.74 Å². The normalized spacial score (nSPS) is 21.3. The van der Waals surface area contributed by atoms with Crippen LogP contribution in [0.15, 0.2) is 30.3 Å². The van der Waals surface area contributed by atoms with Crippen LogP contribution in [0.4, 0.5) is 26.3 Å². The molecule has 27 heavy (non-hydrogen) atoms. The predicted molar refractivity (Wildman–Crippen MR) is 86.8 cm³/mol. The highest BCUT2D eigenvalue weighted by atomic mass is 19.4. The van der Waals surface area contributed by atoms with Crippen LogP contribution in [-0.2, 0) is 6.18 Å². The molecule has 1 fully saturated rings. The number of benzene rings is 2. The van der Waals surface area contributed by atoms with Gasteiger partial charge in [-0.05, 0) is 37.1 Å². The summed E-state index contributed by atoms with van der Waals surface area (Å²) in [4.78, 5) is 11.2. The third-order valence-electron chi connectivity index (χ3n) is 4.88. The fraction of sp³-hybridized carbons (Fsp3) is 0.421. The molecule has 146 valence electrons. The Kier molecular flexibility index (Phi) is 5.10. The van der Waals surface area contributed by atoms with Gasteiger partial charge >= 0.3 is 12.4 Å². The van der Waals surface area contributed by atoms with Crippen molar-refractivity contribution in [2.75, 3.05) is 0 Å². The van der Waals surface area contributed by atoms with Gasteiger partial charge in [0.25, 0.3) is 0 Å². The lowest BCUT2D eigenvalue weighted by Crippen LogP contribution is -2.32. The highest BCUT2D eigenvalue weighted by Gasteiger charge is 2.43. The number of aldehydes is 1. The summed E-state index contributed by atoms with van der Waals surface area (Å²) in [5, 5.41) is -0.0264. The second kappa shape index (κ2) is 7.05. The minimum absolute atomic E-state index is 0.0227. The van der Waals surface area contributed by atoms with Crippen molar-refractivity contribution in [2.24, 2.45) is 5.92 Å². The van der Waals surface area contributed by atoms with Gasteiger partial charge < -0.3 is 4.74 Å². The van der Waals surface area contributed by atoms with Gasteiger partial charge in [0.1, 0.15) is 11.3 Å². The first kappa shape index (κ1) is 19.5. The van der Waals surface area contributed by atoms with Crippen molar-refractivity contribution in [2.45, 2.75) is 44.1 Å². The number of rotatable bonds is 3. The lowest BCUT2D eigenvalue weighted by atomic mass is 9.87. The van der Waals surface area contributed by atoms with E-state index in [9.17, 15) is 31.1 Å². The minimum atomic E-state index is -4.78. The summed E-state index contributed by atoms with van der Waals surface area (Å²) >= 11 is 0. The molecule has 8 heteroatoms. The van der Waals surface area contributed by atoms with Crippen molar-refractivity contribution in [1.82, 2.24) is 0 Å². The number of hydrogen-bond acceptors (Lipinski definition) is 2. The van der Waals surface area contributed by atoms with Crippen molar-refractivity contribution in [1.29, 1.82) is 0 Å². The summed E-state index contributed by atoms with van der Waals surface area (Å²) < 4.78 is 84.9. The van der Waals surface area contributed by atoms with Crippen LogP contribution in [0.1, 0.15) is 41.6 Å². The van der Waals surface area contributed by atoms with E-state index in [1.807, 2.05) is 0 Å². The molecule has 0 atom stereocenters. The first-order valence-electron chi connectivity index (χ1n) is 8.42. The molecule has 0 spiro atoms. The Morgan fingerprint density at radius 1 is 0.926 bits per heavy atom. The molecular formula is C19H16F6O2. The van der Waals surface area contributed by atoms with E-state index in [1.54, 1.807) is 0 Å². The molecule has 2 nitrogen and oxygen atoms in total. The van der Waals surface area contributed by atoms with Crippen LogP contribution in [0.5, 0.6) is 5.75 Å². The van der Waals surface area contributed by atoms with Crippen molar-refractivity contribution in [3.8, 4) is 5.75 Å². The second-order valence-electron chi connectivity index (χ2n) is 6.63. The van der Waals surface area contributed by atoms with Crippen LogP contribution >= 0.6 is 0 Å². The molecule has 0 unspecified atom stereocenters. The SMILES string of the molecule is O=Cc1cccc2ccc(OC3CCC(C(F)(F)F)CC3)c(C(F)(F)F)c12. The standard InChI is InChI=1S/C19H16F6O2/c20-18(21,22)13-5-7-14(8-6-13)27-15-9-4-11-2-1-3-12(10-26)16(11)17(15)19(23,24)25/h1-4,9-10,13-14H,5-8H2. The summed E-state index contributed by atoms with van der Waals surface area (Å²) in [5.74, 6) is -1.91. The van der Waals surface area contributed by atoms with Gasteiger partial charge in [-0.1, -0.05) is 24.3 Å². The first-order chi connectivity index (χ1) is 12.6. The van der Waals surface area contributed by atoms with Crippen LogP contribution in [0.2, 0.25) is 0 Å². The van der Waals surface area contributed by atoms with Crippen molar-refractivity contribution >= 4 is 17.1 Å². The van der Waals surface area contributed by atoms with Gasteiger partial charge in [-0.15, -0.1) is 0 Å². The van der Waals surface area contributed by atoms with Gasteiger partial charge in [0.2, 0.25) is 0 Å². The molecule has 0 saturated heterocycles. The molecule has 0 aliphatic heterocycles. The topological polar surface area (TPSA) is 26.3 Å². The van der Waals surface area contributed by atoms with E-state index < -0.39 is 35.7 Å². The van der Waals surface area contributed by atoms with Gasteiger partial charge in [0.05, 0.1) is 12.0 Å².